The fraction of sp³-hybridized carbons (Fsp3) is 0.414. The molecule has 1 aromatic carbocycles. The van der Waals surface area contributed by atoms with Gasteiger partial charge >= 0.3 is 0 Å². The van der Waals surface area contributed by atoms with Crippen LogP contribution in [0.3, 0.4) is 0 Å². The quantitative estimate of drug-likeness (QED) is 0.258. The summed E-state index contributed by atoms with van der Waals surface area (Å²) in [6.45, 7) is 17.0. The molecule has 1 N–H and O–H groups in total. The average Bonchev–Trinajstić information content (AvgIpc) is 2.79. The third-order valence-electron chi connectivity index (χ3n) is 5.70. The average molecular weight is 485 g/mol. The van der Waals surface area contributed by atoms with E-state index in [0.717, 1.165) is 46.4 Å². The molecule has 1 heterocycles. The molecule has 0 fully saturated rings. The SMILES string of the molecule is C=C(C)/C(=C\C(=C(C)C)N(CCC)c1cc(C2=CCOCC2)cc(NC=O)c1C=C(C)C)C(F)F. The van der Waals surface area contributed by atoms with E-state index in [9.17, 15) is 13.6 Å². The van der Waals surface area contributed by atoms with E-state index in [2.05, 4.69) is 35.9 Å². The van der Waals surface area contributed by atoms with Crippen molar-refractivity contribution in [2.45, 2.75) is 60.8 Å². The van der Waals surface area contributed by atoms with E-state index in [0.29, 0.717) is 43.1 Å². The number of hydrogen-bond donors (Lipinski definition) is 1. The molecule has 0 unspecified atom stereocenters. The van der Waals surface area contributed by atoms with Crippen molar-refractivity contribution in [3.05, 3.63) is 70.0 Å². The van der Waals surface area contributed by atoms with E-state index in [1.165, 1.54) is 0 Å². The van der Waals surface area contributed by atoms with Gasteiger partial charge in [0.15, 0.2) is 0 Å². The van der Waals surface area contributed by atoms with Gasteiger partial charge in [-0.05, 0) is 82.4 Å². The lowest BCUT2D eigenvalue weighted by molar-refractivity contribution is -0.105. The molecule has 190 valence electrons. The lowest BCUT2D eigenvalue weighted by Crippen LogP contribution is -2.25. The Morgan fingerprint density at radius 2 is 1.94 bits per heavy atom. The van der Waals surface area contributed by atoms with Crippen LogP contribution < -0.4 is 10.2 Å². The molecule has 1 aliphatic rings. The number of anilines is 2. The fourth-order valence-electron chi connectivity index (χ4n) is 4.07. The molecule has 0 atom stereocenters. The molecule has 4 nitrogen and oxygen atoms in total. The summed E-state index contributed by atoms with van der Waals surface area (Å²) in [6, 6.07) is 4.07. The van der Waals surface area contributed by atoms with E-state index in [4.69, 9.17) is 4.74 Å². The maximum Gasteiger partial charge on any atom is 0.264 e. The summed E-state index contributed by atoms with van der Waals surface area (Å²) in [7, 11) is 0. The molecule has 6 heteroatoms. The van der Waals surface area contributed by atoms with Gasteiger partial charge in [0.2, 0.25) is 6.41 Å². The Balaban J connectivity index is 2.91. The molecule has 0 saturated heterocycles. The standard InChI is InChI=1S/C29H38F2N2O2/c1-8-11-33(27(21(6)7)17-24(20(4)5)29(30)31)28-16-23(22-9-12-35-13-10-22)15-26(32-18-34)25(28)14-19(2)3/h9,14-18,29H,4,8,10-13H2,1-3,5-7H3,(H,32,34)/b24-17+. The highest BCUT2D eigenvalue weighted by molar-refractivity contribution is 5.89. The number of ether oxygens (including phenoxy) is 1. The largest absolute Gasteiger partial charge is 0.377 e. The second kappa shape index (κ2) is 13.2. The zero-order valence-corrected chi connectivity index (χ0v) is 21.8. The van der Waals surface area contributed by atoms with Crippen molar-refractivity contribution in [1.29, 1.82) is 0 Å². The number of alkyl halides is 2. The van der Waals surface area contributed by atoms with Crippen molar-refractivity contribution in [2.24, 2.45) is 0 Å². The number of amides is 1. The van der Waals surface area contributed by atoms with Crippen molar-refractivity contribution in [1.82, 2.24) is 0 Å². The number of rotatable bonds is 11. The minimum Gasteiger partial charge on any atom is -0.377 e. The zero-order chi connectivity index (χ0) is 26.1. The first-order chi connectivity index (χ1) is 16.6. The molecular formula is C29H38F2N2O2. The van der Waals surface area contributed by atoms with Crippen molar-refractivity contribution >= 4 is 29.4 Å². The fourth-order valence-corrected chi connectivity index (χ4v) is 4.07. The van der Waals surface area contributed by atoms with Crippen LogP contribution in [0.15, 0.2) is 58.9 Å². The van der Waals surface area contributed by atoms with E-state index < -0.39 is 6.43 Å². The second-order valence-electron chi connectivity index (χ2n) is 9.21. The van der Waals surface area contributed by atoms with Crippen LogP contribution in [0.2, 0.25) is 0 Å². The molecule has 0 aliphatic carbocycles. The highest BCUT2D eigenvalue weighted by Gasteiger charge is 2.22. The van der Waals surface area contributed by atoms with E-state index in [1.807, 2.05) is 39.8 Å². The Hall–Kier alpha value is -2.99. The summed E-state index contributed by atoms with van der Waals surface area (Å²) in [5.74, 6) is 0. The Morgan fingerprint density at radius 3 is 2.43 bits per heavy atom. The van der Waals surface area contributed by atoms with Crippen LogP contribution in [0.1, 0.15) is 65.5 Å². The van der Waals surface area contributed by atoms with Gasteiger partial charge in [0.25, 0.3) is 6.43 Å². The van der Waals surface area contributed by atoms with Crippen molar-refractivity contribution in [3.63, 3.8) is 0 Å². The predicted molar refractivity (Wildman–Crippen MR) is 144 cm³/mol. The van der Waals surface area contributed by atoms with Gasteiger partial charge < -0.3 is 15.0 Å². The summed E-state index contributed by atoms with van der Waals surface area (Å²) in [6.07, 6.45) is 5.22. The summed E-state index contributed by atoms with van der Waals surface area (Å²) < 4.78 is 33.3. The van der Waals surface area contributed by atoms with Crippen LogP contribution in [0.4, 0.5) is 20.2 Å². The molecule has 0 radical (unpaired) electrons. The zero-order valence-electron chi connectivity index (χ0n) is 21.8. The number of carbonyl (C=O) groups is 1. The van der Waals surface area contributed by atoms with Gasteiger partial charge in [-0.2, -0.15) is 0 Å². The predicted octanol–water partition coefficient (Wildman–Crippen LogP) is 7.76. The van der Waals surface area contributed by atoms with E-state index >= 15 is 0 Å². The van der Waals surface area contributed by atoms with Crippen LogP contribution in [0.5, 0.6) is 0 Å². The van der Waals surface area contributed by atoms with Crippen LogP contribution in [-0.2, 0) is 9.53 Å². The van der Waals surface area contributed by atoms with Gasteiger partial charge in [0, 0.05) is 23.4 Å². The van der Waals surface area contributed by atoms with E-state index in [1.54, 1.807) is 13.0 Å². The van der Waals surface area contributed by atoms with Gasteiger partial charge in [-0.15, -0.1) is 0 Å². The number of nitrogens with one attached hydrogen (secondary N) is 1. The maximum atomic E-state index is 13.9. The van der Waals surface area contributed by atoms with Crippen LogP contribution in [0, 0.1) is 0 Å². The number of carbonyl (C=O) groups excluding carboxylic acids is 1. The van der Waals surface area contributed by atoms with Crippen molar-refractivity contribution in [3.8, 4) is 0 Å². The molecule has 1 aromatic rings. The minimum atomic E-state index is -2.63. The van der Waals surface area contributed by atoms with Crippen LogP contribution >= 0.6 is 0 Å². The molecule has 35 heavy (non-hydrogen) atoms. The van der Waals surface area contributed by atoms with Crippen LogP contribution in [-0.4, -0.2) is 32.6 Å². The summed E-state index contributed by atoms with van der Waals surface area (Å²) >= 11 is 0. The Morgan fingerprint density at radius 1 is 1.23 bits per heavy atom. The number of nitrogens with zero attached hydrogens (tertiary/aromatic N) is 1. The molecule has 1 amide bonds. The highest BCUT2D eigenvalue weighted by Crippen LogP contribution is 2.38. The number of benzene rings is 1. The second-order valence-corrected chi connectivity index (χ2v) is 9.21. The summed E-state index contributed by atoms with van der Waals surface area (Å²) in [5.41, 5.74) is 7.39. The monoisotopic (exact) mass is 484 g/mol. The first-order valence-electron chi connectivity index (χ1n) is 12.0. The Labute approximate surface area is 208 Å². The lowest BCUT2D eigenvalue weighted by atomic mass is 9.95. The normalized spacial score (nSPS) is 13.7. The molecule has 2 rings (SSSR count). The van der Waals surface area contributed by atoms with E-state index in [-0.39, 0.29) is 5.57 Å². The topological polar surface area (TPSA) is 41.6 Å². The first-order valence-corrected chi connectivity index (χ1v) is 12.0. The van der Waals surface area contributed by atoms with Gasteiger partial charge in [0.05, 0.1) is 24.6 Å². The summed E-state index contributed by atoms with van der Waals surface area (Å²) in [5, 5.41) is 2.87. The van der Waals surface area contributed by atoms with Crippen molar-refractivity contribution < 1.29 is 18.3 Å². The van der Waals surface area contributed by atoms with Gasteiger partial charge in [-0.3, -0.25) is 4.79 Å². The Kier molecular flexibility index (Phi) is 10.6. The molecule has 0 aromatic heterocycles. The Bertz CT molecular complexity index is 1060. The smallest absolute Gasteiger partial charge is 0.264 e. The van der Waals surface area contributed by atoms with Gasteiger partial charge in [-0.1, -0.05) is 36.8 Å². The number of halogens is 2. The van der Waals surface area contributed by atoms with Gasteiger partial charge in [-0.25, -0.2) is 8.78 Å². The maximum absolute atomic E-state index is 13.9. The van der Waals surface area contributed by atoms with Crippen LogP contribution in [0.25, 0.3) is 11.6 Å². The first kappa shape index (κ1) is 28.2. The number of hydrogen-bond acceptors (Lipinski definition) is 3. The summed E-state index contributed by atoms with van der Waals surface area (Å²) in [4.78, 5) is 13.6. The molecule has 0 spiro atoms. The third kappa shape index (κ3) is 7.49. The van der Waals surface area contributed by atoms with Crippen molar-refractivity contribution in [2.75, 3.05) is 30.0 Å². The highest BCUT2D eigenvalue weighted by atomic mass is 19.3. The van der Waals surface area contributed by atoms with Gasteiger partial charge in [0.1, 0.15) is 0 Å². The molecular weight excluding hydrogens is 446 g/mol. The molecule has 0 saturated carbocycles. The number of allylic oxidation sites excluding steroid dienone is 5. The minimum absolute atomic E-state index is 0.0828. The molecule has 1 aliphatic heterocycles. The lowest BCUT2D eigenvalue weighted by Gasteiger charge is -2.31. The third-order valence-corrected chi connectivity index (χ3v) is 5.70. The molecule has 0 bridgehead atoms.